The fourth-order valence-corrected chi connectivity index (χ4v) is 2.45. The number of piperidine rings is 1. The summed E-state index contributed by atoms with van der Waals surface area (Å²) in [5.74, 6) is 0.843. The van der Waals surface area contributed by atoms with Gasteiger partial charge in [0, 0.05) is 11.6 Å². The predicted molar refractivity (Wildman–Crippen MR) is 78.6 cm³/mol. The van der Waals surface area contributed by atoms with Crippen molar-refractivity contribution >= 4 is 24.0 Å². The highest BCUT2D eigenvalue weighted by molar-refractivity contribution is 6.30. The molecule has 18 heavy (non-hydrogen) atoms. The Hall–Kier alpha value is -0.280. The zero-order valence-electron chi connectivity index (χ0n) is 10.5. The van der Waals surface area contributed by atoms with Gasteiger partial charge >= 0.3 is 0 Å². The van der Waals surface area contributed by atoms with Gasteiger partial charge in [-0.3, -0.25) is 0 Å². The average Bonchev–Trinajstić information content (AvgIpc) is 2.36. The van der Waals surface area contributed by atoms with Crippen LogP contribution in [-0.4, -0.2) is 19.7 Å². The minimum Gasteiger partial charge on any atom is -0.377 e. The van der Waals surface area contributed by atoms with Gasteiger partial charge in [-0.2, -0.15) is 0 Å². The summed E-state index contributed by atoms with van der Waals surface area (Å²) in [6.07, 6.45) is 3.77. The van der Waals surface area contributed by atoms with Gasteiger partial charge in [-0.25, -0.2) is 0 Å². The second-order valence-corrected chi connectivity index (χ2v) is 5.10. The largest absolute Gasteiger partial charge is 0.377 e. The molecule has 1 N–H and O–H groups in total. The normalized spacial score (nSPS) is 16.3. The third-order valence-corrected chi connectivity index (χ3v) is 3.52. The van der Waals surface area contributed by atoms with Crippen LogP contribution in [0.15, 0.2) is 24.3 Å². The maximum absolute atomic E-state index is 5.92. The fraction of sp³-hybridized carbons (Fsp3) is 0.571. The smallest absolute Gasteiger partial charge is 0.0717 e. The van der Waals surface area contributed by atoms with E-state index in [1.54, 1.807) is 0 Å². The first kappa shape index (κ1) is 15.8. The molecule has 1 aliphatic rings. The number of halogens is 2. The molecule has 0 amide bonds. The Balaban J connectivity index is 0.00000162. The highest BCUT2D eigenvalue weighted by atomic mass is 35.5. The Morgan fingerprint density at radius 2 is 2.06 bits per heavy atom. The first-order valence-electron chi connectivity index (χ1n) is 6.37. The molecule has 1 fully saturated rings. The van der Waals surface area contributed by atoms with Crippen molar-refractivity contribution < 1.29 is 4.74 Å². The number of hydrogen-bond donors (Lipinski definition) is 1. The summed E-state index contributed by atoms with van der Waals surface area (Å²) in [5.41, 5.74) is 1.16. The molecule has 4 heteroatoms. The molecule has 1 aromatic carbocycles. The van der Waals surface area contributed by atoms with Crippen LogP contribution in [0.25, 0.3) is 0 Å². The van der Waals surface area contributed by atoms with Gasteiger partial charge in [0.15, 0.2) is 0 Å². The lowest BCUT2D eigenvalue weighted by atomic mass is 9.95. The summed E-state index contributed by atoms with van der Waals surface area (Å²) in [5, 5.41) is 4.16. The lowest BCUT2D eigenvalue weighted by Crippen LogP contribution is -2.28. The molecule has 0 unspecified atom stereocenters. The van der Waals surface area contributed by atoms with Gasteiger partial charge in [0.1, 0.15) is 0 Å². The van der Waals surface area contributed by atoms with E-state index in [9.17, 15) is 0 Å². The van der Waals surface area contributed by atoms with Crippen molar-refractivity contribution in [3.05, 3.63) is 34.9 Å². The van der Waals surface area contributed by atoms with E-state index in [2.05, 4.69) is 11.4 Å². The predicted octanol–water partition coefficient (Wildman–Crippen LogP) is 3.67. The molecule has 0 spiro atoms. The van der Waals surface area contributed by atoms with Crippen LogP contribution in [0.2, 0.25) is 5.02 Å². The Labute approximate surface area is 120 Å². The van der Waals surface area contributed by atoms with Crippen molar-refractivity contribution in [3.8, 4) is 0 Å². The van der Waals surface area contributed by atoms with Crippen LogP contribution in [0.1, 0.15) is 24.8 Å². The molecule has 0 bridgehead atoms. The van der Waals surface area contributed by atoms with Crippen LogP contribution in [0.5, 0.6) is 0 Å². The van der Waals surface area contributed by atoms with Crippen molar-refractivity contribution in [1.29, 1.82) is 0 Å². The number of rotatable bonds is 5. The number of hydrogen-bond acceptors (Lipinski definition) is 2. The number of nitrogens with one attached hydrogen (secondary N) is 1. The number of ether oxygens (including phenoxy) is 1. The molecule has 1 heterocycles. The maximum atomic E-state index is 5.92. The highest BCUT2D eigenvalue weighted by Crippen LogP contribution is 2.16. The van der Waals surface area contributed by atoms with E-state index in [1.807, 2.05) is 18.2 Å². The Bertz CT molecular complexity index is 340. The Morgan fingerprint density at radius 3 is 2.78 bits per heavy atom. The molecule has 1 saturated heterocycles. The molecular weight excluding hydrogens is 269 g/mol. The SMILES string of the molecule is Cl.Clc1cccc(COCCC2CCNCC2)c1. The molecule has 1 aromatic rings. The standard InChI is InChI=1S/C14H20ClNO.ClH/c15-14-3-1-2-13(10-14)11-17-9-6-12-4-7-16-8-5-12;/h1-3,10,12,16H,4-9,11H2;1H. The monoisotopic (exact) mass is 289 g/mol. The molecule has 1 aliphatic heterocycles. The van der Waals surface area contributed by atoms with Crippen molar-refractivity contribution in [2.45, 2.75) is 25.9 Å². The Morgan fingerprint density at radius 1 is 1.28 bits per heavy atom. The Kier molecular flexibility index (Phi) is 7.68. The molecule has 0 radical (unpaired) electrons. The van der Waals surface area contributed by atoms with Crippen LogP contribution in [0, 0.1) is 5.92 Å². The summed E-state index contributed by atoms with van der Waals surface area (Å²) in [6.45, 7) is 3.86. The quantitative estimate of drug-likeness (QED) is 0.835. The van der Waals surface area contributed by atoms with Crippen LogP contribution in [0.4, 0.5) is 0 Å². The van der Waals surface area contributed by atoms with Crippen LogP contribution < -0.4 is 5.32 Å². The van der Waals surface area contributed by atoms with Crippen LogP contribution >= 0.6 is 24.0 Å². The van der Waals surface area contributed by atoms with Crippen molar-refractivity contribution in [2.75, 3.05) is 19.7 Å². The van der Waals surface area contributed by atoms with E-state index in [0.717, 1.165) is 23.1 Å². The third-order valence-electron chi connectivity index (χ3n) is 3.29. The van der Waals surface area contributed by atoms with Gasteiger partial charge in [-0.05, 0) is 56.0 Å². The van der Waals surface area contributed by atoms with Gasteiger partial charge in [0.05, 0.1) is 6.61 Å². The van der Waals surface area contributed by atoms with E-state index < -0.39 is 0 Å². The summed E-state index contributed by atoms with van der Waals surface area (Å²) in [7, 11) is 0. The zero-order valence-corrected chi connectivity index (χ0v) is 12.1. The molecule has 0 aliphatic carbocycles. The van der Waals surface area contributed by atoms with E-state index in [-0.39, 0.29) is 12.4 Å². The van der Waals surface area contributed by atoms with E-state index >= 15 is 0 Å². The molecule has 0 aromatic heterocycles. The van der Waals surface area contributed by atoms with E-state index in [0.29, 0.717) is 6.61 Å². The molecule has 102 valence electrons. The van der Waals surface area contributed by atoms with Gasteiger partial charge in [0.2, 0.25) is 0 Å². The molecule has 2 nitrogen and oxygen atoms in total. The second-order valence-electron chi connectivity index (χ2n) is 4.66. The summed E-state index contributed by atoms with van der Waals surface area (Å²) < 4.78 is 5.70. The van der Waals surface area contributed by atoms with Crippen molar-refractivity contribution in [2.24, 2.45) is 5.92 Å². The minimum absolute atomic E-state index is 0. The average molecular weight is 290 g/mol. The first-order valence-corrected chi connectivity index (χ1v) is 6.75. The van der Waals surface area contributed by atoms with Gasteiger partial charge in [0.25, 0.3) is 0 Å². The lowest BCUT2D eigenvalue weighted by molar-refractivity contribution is 0.103. The topological polar surface area (TPSA) is 21.3 Å². The highest BCUT2D eigenvalue weighted by Gasteiger charge is 2.12. The third kappa shape index (κ3) is 5.57. The maximum Gasteiger partial charge on any atom is 0.0717 e. The van der Waals surface area contributed by atoms with E-state index in [4.69, 9.17) is 16.3 Å². The van der Waals surface area contributed by atoms with Crippen molar-refractivity contribution in [3.63, 3.8) is 0 Å². The lowest BCUT2D eigenvalue weighted by Gasteiger charge is -2.22. The van der Waals surface area contributed by atoms with Crippen molar-refractivity contribution in [1.82, 2.24) is 5.32 Å². The molecule has 0 atom stereocenters. The second kappa shape index (κ2) is 8.76. The number of benzene rings is 1. The summed E-state index contributed by atoms with van der Waals surface area (Å²) in [6, 6.07) is 7.87. The van der Waals surface area contributed by atoms with E-state index in [1.165, 1.54) is 32.4 Å². The van der Waals surface area contributed by atoms with Gasteiger partial charge in [-0.1, -0.05) is 23.7 Å². The van der Waals surface area contributed by atoms with Gasteiger partial charge in [-0.15, -0.1) is 12.4 Å². The van der Waals surface area contributed by atoms with Crippen LogP contribution in [-0.2, 0) is 11.3 Å². The first-order chi connectivity index (χ1) is 8.34. The molecule has 2 rings (SSSR count). The molecule has 0 saturated carbocycles. The molecular formula is C14H21Cl2NO. The summed E-state index contributed by atoms with van der Waals surface area (Å²) >= 11 is 5.92. The summed E-state index contributed by atoms with van der Waals surface area (Å²) in [4.78, 5) is 0. The fourth-order valence-electron chi connectivity index (χ4n) is 2.24. The van der Waals surface area contributed by atoms with Gasteiger partial charge < -0.3 is 10.1 Å². The zero-order chi connectivity index (χ0) is 11.9. The van der Waals surface area contributed by atoms with Crippen LogP contribution in [0.3, 0.4) is 0 Å². The minimum atomic E-state index is 0.